The van der Waals surface area contributed by atoms with Crippen LogP contribution in [-0.4, -0.2) is 17.4 Å². The number of carbonyl (C=O) groups excluding carboxylic acids is 1. The summed E-state index contributed by atoms with van der Waals surface area (Å²) in [6.45, 7) is 0.707. The van der Waals surface area contributed by atoms with E-state index in [1.54, 1.807) is 23.8 Å². The number of thiophene rings is 1. The Balaban J connectivity index is 1.97. The fourth-order valence-electron chi connectivity index (χ4n) is 1.89. The number of ketones is 1. The molecule has 0 saturated carbocycles. The van der Waals surface area contributed by atoms with Crippen molar-refractivity contribution in [2.24, 2.45) is 0 Å². The predicted molar refractivity (Wildman–Crippen MR) is 67.2 cm³/mol. The van der Waals surface area contributed by atoms with Gasteiger partial charge in [-0.05, 0) is 30.4 Å². The fourth-order valence-corrected chi connectivity index (χ4v) is 2.67. The second kappa shape index (κ2) is 4.30. The average molecular weight is 245 g/mol. The summed E-state index contributed by atoms with van der Waals surface area (Å²) in [5.41, 5.74) is 2.34. The summed E-state index contributed by atoms with van der Waals surface area (Å²) in [5, 5.41) is 1.98. The van der Waals surface area contributed by atoms with Crippen LogP contribution in [0.4, 0.5) is 0 Å². The monoisotopic (exact) mass is 245 g/mol. The highest BCUT2D eigenvalue weighted by molar-refractivity contribution is 7.17. The first-order valence-corrected chi connectivity index (χ1v) is 6.41. The van der Waals surface area contributed by atoms with Gasteiger partial charge < -0.3 is 4.74 Å². The molecule has 1 aliphatic rings. The molecule has 3 rings (SSSR count). The van der Waals surface area contributed by atoms with Crippen molar-refractivity contribution in [1.82, 2.24) is 4.98 Å². The van der Waals surface area contributed by atoms with Crippen molar-refractivity contribution in [2.45, 2.75) is 12.8 Å². The Morgan fingerprint density at radius 1 is 1.47 bits per heavy atom. The lowest BCUT2D eigenvalue weighted by Gasteiger charge is -2.12. The van der Waals surface area contributed by atoms with Crippen molar-refractivity contribution in [3.8, 4) is 0 Å². The molecule has 3 heterocycles. The number of ether oxygens (including phenoxy) is 1. The number of pyridine rings is 1. The van der Waals surface area contributed by atoms with Crippen molar-refractivity contribution < 1.29 is 9.53 Å². The van der Waals surface area contributed by atoms with Gasteiger partial charge in [-0.15, -0.1) is 11.3 Å². The molecule has 0 unspecified atom stereocenters. The molecule has 1 aliphatic heterocycles. The number of nitrogens with zero attached hydrogens (tertiary/aromatic N) is 1. The van der Waals surface area contributed by atoms with Gasteiger partial charge in [0.1, 0.15) is 0 Å². The largest absolute Gasteiger partial charge is 0.501 e. The van der Waals surface area contributed by atoms with Crippen molar-refractivity contribution in [1.29, 1.82) is 0 Å². The van der Waals surface area contributed by atoms with Crippen molar-refractivity contribution >= 4 is 27.3 Å². The second-order valence-corrected chi connectivity index (χ2v) is 4.92. The molecule has 0 N–H and O–H groups in total. The molecule has 0 radical (unpaired) electrons. The first-order chi connectivity index (χ1) is 8.34. The van der Waals surface area contributed by atoms with Crippen LogP contribution in [0.25, 0.3) is 10.2 Å². The molecule has 0 saturated heterocycles. The molecular formula is C13H11NO2S. The van der Waals surface area contributed by atoms with E-state index in [2.05, 4.69) is 4.98 Å². The zero-order valence-corrected chi connectivity index (χ0v) is 10.00. The molecule has 0 atom stereocenters. The number of allylic oxidation sites excluding steroid dienone is 1. The SMILES string of the molecule is O=C(C1=COCCC1)c1cnc2ccsc2c1. The van der Waals surface area contributed by atoms with Crippen LogP contribution < -0.4 is 0 Å². The van der Waals surface area contributed by atoms with Gasteiger partial charge in [0.25, 0.3) is 0 Å². The topological polar surface area (TPSA) is 39.2 Å². The number of fused-ring (bicyclic) bond motifs is 1. The Morgan fingerprint density at radius 2 is 2.41 bits per heavy atom. The summed E-state index contributed by atoms with van der Waals surface area (Å²) in [5.74, 6) is 0.0347. The van der Waals surface area contributed by atoms with Crippen molar-refractivity contribution in [3.63, 3.8) is 0 Å². The molecule has 2 aromatic heterocycles. The lowest BCUT2D eigenvalue weighted by molar-refractivity contribution is 0.101. The number of hydrogen-bond acceptors (Lipinski definition) is 4. The lowest BCUT2D eigenvalue weighted by Crippen LogP contribution is -2.09. The van der Waals surface area contributed by atoms with Crippen LogP contribution in [0, 0.1) is 0 Å². The highest BCUT2D eigenvalue weighted by Gasteiger charge is 2.16. The summed E-state index contributed by atoms with van der Waals surface area (Å²) in [7, 11) is 0. The van der Waals surface area contributed by atoms with E-state index in [1.165, 1.54) is 0 Å². The molecule has 17 heavy (non-hydrogen) atoms. The van der Waals surface area contributed by atoms with Gasteiger partial charge in [0, 0.05) is 17.3 Å². The molecule has 0 aromatic carbocycles. The molecule has 2 aromatic rings. The fraction of sp³-hybridized carbons (Fsp3) is 0.231. The van der Waals surface area contributed by atoms with Crippen LogP contribution >= 0.6 is 11.3 Å². The lowest BCUT2D eigenvalue weighted by atomic mass is 10.0. The molecule has 0 aliphatic carbocycles. The maximum absolute atomic E-state index is 12.2. The summed E-state index contributed by atoms with van der Waals surface area (Å²) in [6, 6.07) is 3.86. The molecule has 4 heteroatoms. The molecular weight excluding hydrogens is 234 g/mol. The van der Waals surface area contributed by atoms with Crippen molar-refractivity contribution in [3.05, 3.63) is 41.1 Å². The van der Waals surface area contributed by atoms with Gasteiger partial charge in [-0.1, -0.05) is 0 Å². The maximum atomic E-state index is 12.2. The van der Waals surface area contributed by atoms with Crippen LogP contribution in [0.5, 0.6) is 0 Å². The Labute approximate surface area is 103 Å². The third kappa shape index (κ3) is 1.96. The van der Waals surface area contributed by atoms with Crippen LogP contribution in [0.15, 0.2) is 35.5 Å². The Morgan fingerprint density at radius 3 is 3.24 bits per heavy atom. The first-order valence-electron chi connectivity index (χ1n) is 5.53. The Kier molecular flexibility index (Phi) is 2.65. The number of hydrogen-bond donors (Lipinski definition) is 0. The highest BCUT2D eigenvalue weighted by Crippen LogP contribution is 2.22. The predicted octanol–water partition coefficient (Wildman–Crippen LogP) is 3.17. The summed E-state index contributed by atoms with van der Waals surface area (Å²) < 4.78 is 6.25. The molecule has 0 bridgehead atoms. The maximum Gasteiger partial charge on any atom is 0.193 e. The van der Waals surface area contributed by atoms with Gasteiger partial charge >= 0.3 is 0 Å². The quantitative estimate of drug-likeness (QED) is 0.763. The third-order valence-corrected chi connectivity index (χ3v) is 3.64. The number of Topliss-reactive ketones (excluding diaryl/α,β-unsaturated/α-hetero) is 1. The van der Waals surface area contributed by atoms with Gasteiger partial charge in [0.2, 0.25) is 0 Å². The molecule has 3 nitrogen and oxygen atoms in total. The summed E-state index contributed by atoms with van der Waals surface area (Å²) in [4.78, 5) is 16.5. The van der Waals surface area contributed by atoms with E-state index < -0.39 is 0 Å². The van der Waals surface area contributed by atoms with Gasteiger partial charge in [0.05, 0.1) is 23.1 Å². The number of carbonyl (C=O) groups is 1. The standard InChI is InChI=1S/C13H11NO2S/c15-13(9-2-1-4-16-8-9)10-6-12-11(14-7-10)3-5-17-12/h3,5-8H,1-2,4H2. The minimum atomic E-state index is 0.0347. The molecule has 0 spiro atoms. The van der Waals surface area contributed by atoms with Crippen LogP contribution in [0.2, 0.25) is 0 Å². The van der Waals surface area contributed by atoms with E-state index in [9.17, 15) is 4.79 Å². The second-order valence-electron chi connectivity index (χ2n) is 3.97. The molecule has 0 amide bonds. The minimum Gasteiger partial charge on any atom is -0.501 e. The first kappa shape index (κ1) is 10.5. The smallest absolute Gasteiger partial charge is 0.193 e. The van der Waals surface area contributed by atoms with E-state index in [0.29, 0.717) is 12.2 Å². The zero-order chi connectivity index (χ0) is 11.7. The van der Waals surface area contributed by atoms with Crippen LogP contribution in [0.1, 0.15) is 23.2 Å². The Bertz CT molecular complexity index is 600. The molecule has 0 fully saturated rings. The van der Waals surface area contributed by atoms with E-state index in [4.69, 9.17) is 4.74 Å². The molecule has 86 valence electrons. The van der Waals surface area contributed by atoms with E-state index in [-0.39, 0.29) is 5.78 Å². The highest BCUT2D eigenvalue weighted by atomic mass is 32.1. The van der Waals surface area contributed by atoms with E-state index in [1.807, 2.05) is 17.5 Å². The van der Waals surface area contributed by atoms with Gasteiger partial charge in [-0.2, -0.15) is 0 Å². The van der Waals surface area contributed by atoms with E-state index >= 15 is 0 Å². The summed E-state index contributed by atoms with van der Waals surface area (Å²) >= 11 is 1.60. The van der Waals surface area contributed by atoms with Crippen LogP contribution in [0.3, 0.4) is 0 Å². The third-order valence-electron chi connectivity index (χ3n) is 2.79. The summed E-state index contributed by atoms with van der Waals surface area (Å²) in [6.07, 6.45) is 4.94. The van der Waals surface area contributed by atoms with Crippen LogP contribution in [-0.2, 0) is 4.74 Å². The minimum absolute atomic E-state index is 0.0347. The van der Waals surface area contributed by atoms with Crippen molar-refractivity contribution in [2.75, 3.05) is 6.61 Å². The van der Waals surface area contributed by atoms with Gasteiger partial charge in [0.15, 0.2) is 5.78 Å². The number of rotatable bonds is 2. The zero-order valence-electron chi connectivity index (χ0n) is 9.18. The van der Waals surface area contributed by atoms with E-state index in [0.717, 1.165) is 28.6 Å². The normalized spacial score (nSPS) is 15.4. The average Bonchev–Trinajstić information content (AvgIpc) is 2.86. The Hall–Kier alpha value is -1.68. The van der Waals surface area contributed by atoms with Gasteiger partial charge in [-0.3, -0.25) is 9.78 Å². The number of aromatic nitrogens is 1. The van der Waals surface area contributed by atoms with Gasteiger partial charge in [-0.25, -0.2) is 0 Å².